The highest BCUT2D eigenvalue weighted by Gasteiger charge is 2.13. The zero-order valence-corrected chi connectivity index (χ0v) is 15.2. The summed E-state index contributed by atoms with van der Waals surface area (Å²) in [7, 11) is 1.29. The lowest BCUT2D eigenvalue weighted by molar-refractivity contribution is 0.0600. The zero-order chi connectivity index (χ0) is 18.8. The van der Waals surface area contributed by atoms with Crippen LogP contribution in [0.15, 0.2) is 36.4 Å². The van der Waals surface area contributed by atoms with E-state index in [1.807, 2.05) is 13.8 Å². The third kappa shape index (κ3) is 3.50. The highest BCUT2D eigenvalue weighted by molar-refractivity contribution is 6.34. The number of carbonyl (C=O) groups is 2. The third-order valence-electron chi connectivity index (χ3n) is 3.97. The number of amides is 1. The van der Waals surface area contributed by atoms with E-state index in [1.165, 1.54) is 25.3 Å². The molecule has 0 saturated carbocycles. The Hall–Kier alpha value is -2.99. The van der Waals surface area contributed by atoms with Crippen LogP contribution in [0.1, 0.15) is 32.1 Å². The van der Waals surface area contributed by atoms with Gasteiger partial charge in [0.2, 0.25) is 0 Å². The molecule has 1 amide bonds. The number of nitrogens with one attached hydrogen (secondary N) is 1. The average molecular weight is 370 g/mol. The molecule has 1 heterocycles. The number of rotatable bonds is 3. The van der Waals surface area contributed by atoms with E-state index < -0.39 is 5.97 Å². The fourth-order valence-electron chi connectivity index (χ4n) is 2.43. The SMILES string of the molecule is COC(=O)c1ccc(Cl)c(NC(=O)c2ccc3nc(C)c(C)nc3c2)c1. The van der Waals surface area contributed by atoms with Crippen LogP contribution in [-0.2, 0) is 4.74 Å². The molecule has 1 aromatic heterocycles. The van der Waals surface area contributed by atoms with Gasteiger partial charge in [-0.3, -0.25) is 4.79 Å². The second kappa shape index (κ2) is 7.09. The first-order valence-corrected chi connectivity index (χ1v) is 8.21. The summed E-state index contributed by atoms with van der Waals surface area (Å²) in [6, 6.07) is 9.61. The molecule has 132 valence electrons. The first-order valence-electron chi connectivity index (χ1n) is 7.83. The predicted octanol–water partition coefficient (Wildman–Crippen LogP) is 3.94. The highest BCUT2D eigenvalue weighted by Crippen LogP contribution is 2.24. The Morgan fingerprint density at radius 1 is 0.962 bits per heavy atom. The van der Waals surface area contributed by atoms with Crippen LogP contribution in [0.2, 0.25) is 5.02 Å². The number of nitrogens with zero attached hydrogens (tertiary/aromatic N) is 2. The molecule has 0 spiro atoms. The number of aromatic nitrogens is 2. The fraction of sp³-hybridized carbons (Fsp3) is 0.158. The van der Waals surface area contributed by atoms with Crippen molar-refractivity contribution in [2.45, 2.75) is 13.8 Å². The number of methoxy groups -OCH3 is 1. The summed E-state index contributed by atoms with van der Waals surface area (Å²) in [5, 5.41) is 3.03. The van der Waals surface area contributed by atoms with Gasteiger partial charge in [-0.15, -0.1) is 0 Å². The van der Waals surface area contributed by atoms with E-state index in [0.717, 1.165) is 16.9 Å². The Kier molecular flexibility index (Phi) is 4.86. The number of hydrogen-bond donors (Lipinski definition) is 1. The molecule has 3 aromatic rings. The van der Waals surface area contributed by atoms with Crippen molar-refractivity contribution in [3.63, 3.8) is 0 Å². The maximum atomic E-state index is 12.6. The molecule has 7 heteroatoms. The summed E-state index contributed by atoms with van der Waals surface area (Å²) in [6.45, 7) is 3.76. The predicted molar refractivity (Wildman–Crippen MR) is 99.8 cm³/mol. The molecular formula is C19H16ClN3O3. The molecule has 1 N–H and O–H groups in total. The van der Waals surface area contributed by atoms with E-state index in [-0.39, 0.29) is 5.91 Å². The van der Waals surface area contributed by atoms with Gasteiger partial charge in [-0.25, -0.2) is 14.8 Å². The number of benzene rings is 2. The van der Waals surface area contributed by atoms with Crippen molar-refractivity contribution in [3.05, 3.63) is 63.9 Å². The van der Waals surface area contributed by atoms with E-state index in [0.29, 0.717) is 27.4 Å². The van der Waals surface area contributed by atoms with Crippen LogP contribution in [0.5, 0.6) is 0 Å². The van der Waals surface area contributed by atoms with Crippen LogP contribution in [-0.4, -0.2) is 29.0 Å². The van der Waals surface area contributed by atoms with Crippen LogP contribution in [0.3, 0.4) is 0 Å². The van der Waals surface area contributed by atoms with Crippen molar-refractivity contribution >= 4 is 40.2 Å². The van der Waals surface area contributed by atoms with Gasteiger partial charge in [-0.1, -0.05) is 11.6 Å². The van der Waals surface area contributed by atoms with E-state index in [2.05, 4.69) is 20.0 Å². The van der Waals surface area contributed by atoms with E-state index in [4.69, 9.17) is 11.6 Å². The number of fused-ring (bicyclic) bond motifs is 1. The van der Waals surface area contributed by atoms with E-state index in [9.17, 15) is 9.59 Å². The first-order chi connectivity index (χ1) is 12.4. The second-order valence-electron chi connectivity index (χ2n) is 5.74. The minimum absolute atomic E-state index is 0.294. The topological polar surface area (TPSA) is 81.2 Å². The smallest absolute Gasteiger partial charge is 0.337 e. The molecule has 0 aliphatic carbocycles. The van der Waals surface area contributed by atoms with Crippen LogP contribution < -0.4 is 5.32 Å². The van der Waals surface area contributed by atoms with Crippen molar-refractivity contribution in [2.24, 2.45) is 0 Å². The Bertz CT molecular complexity index is 1030. The van der Waals surface area contributed by atoms with Crippen molar-refractivity contribution in [1.82, 2.24) is 9.97 Å². The molecular weight excluding hydrogens is 354 g/mol. The van der Waals surface area contributed by atoms with Crippen LogP contribution in [0.25, 0.3) is 11.0 Å². The van der Waals surface area contributed by atoms with Gasteiger partial charge in [0, 0.05) is 5.56 Å². The Morgan fingerprint density at radius 3 is 2.31 bits per heavy atom. The van der Waals surface area contributed by atoms with Crippen LogP contribution >= 0.6 is 11.6 Å². The summed E-state index contributed by atoms with van der Waals surface area (Å²) < 4.78 is 4.68. The first kappa shape index (κ1) is 17.8. The van der Waals surface area contributed by atoms with Crippen LogP contribution in [0, 0.1) is 13.8 Å². The monoisotopic (exact) mass is 369 g/mol. The number of carbonyl (C=O) groups excluding carboxylic acids is 2. The summed E-state index contributed by atoms with van der Waals surface area (Å²) >= 11 is 6.12. The summed E-state index contributed by atoms with van der Waals surface area (Å²) in [5.74, 6) is -0.875. The third-order valence-corrected chi connectivity index (χ3v) is 4.30. The number of esters is 1. The quantitative estimate of drug-likeness (QED) is 0.707. The lowest BCUT2D eigenvalue weighted by Crippen LogP contribution is -2.13. The molecule has 0 saturated heterocycles. The minimum Gasteiger partial charge on any atom is -0.465 e. The van der Waals surface area contributed by atoms with Gasteiger partial charge < -0.3 is 10.1 Å². The maximum absolute atomic E-state index is 12.6. The number of aryl methyl sites for hydroxylation is 2. The van der Waals surface area contributed by atoms with Crippen LogP contribution in [0.4, 0.5) is 5.69 Å². The van der Waals surface area contributed by atoms with Crippen molar-refractivity contribution in [2.75, 3.05) is 12.4 Å². The standard InChI is InChI=1S/C19H16ClN3O3/c1-10-11(2)22-17-8-12(5-7-15(17)21-10)18(24)23-16-9-13(19(25)26-3)4-6-14(16)20/h4-9H,1-3H3,(H,23,24). The van der Waals surface area contributed by atoms with Crippen molar-refractivity contribution in [3.8, 4) is 0 Å². The van der Waals surface area contributed by atoms with Gasteiger partial charge in [-0.05, 0) is 50.2 Å². The molecule has 0 unspecified atom stereocenters. The molecule has 26 heavy (non-hydrogen) atoms. The van der Waals surface area contributed by atoms with Gasteiger partial charge in [0.05, 0.1) is 45.8 Å². The van der Waals surface area contributed by atoms with Gasteiger partial charge >= 0.3 is 5.97 Å². The Morgan fingerprint density at radius 2 is 1.62 bits per heavy atom. The number of ether oxygens (including phenoxy) is 1. The molecule has 2 aromatic carbocycles. The number of anilines is 1. The Labute approximate surface area is 155 Å². The van der Waals surface area contributed by atoms with E-state index >= 15 is 0 Å². The highest BCUT2D eigenvalue weighted by atomic mass is 35.5. The molecule has 6 nitrogen and oxygen atoms in total. The van der Waals surface area contributed by atoms with Gasteiger partial charge in [-0.2, -0.15) is 0 Å². The molecule has 0 aliphatic rings. The van der Waals surface area contributed by atoms with E-state index in [1.54, 1.807) is 18.2 Å². The van der Waals surface area contributed by atoms with Gasteiger partial charge in [0.25, 0.3) is 5.91 Å². The molecule has 0 bridgehead atoms. The number of hydrogen-bond acceptors (Lipinski definition) is 5. The molecule has 0 fully saturated rings. The lowest BCUT2D eigenvalue weighted by Gasteiger charge is -2.10. The summed E-state index contributed by atoms with van der Waals surface area (Å²) in [4.78, 5) is 33.1. The van der Waals surface area contributed by atoms with Crippen molar-refractivity contribution in [1.29, 1.82) is 0 Å². The normalized spacial score (nSPS) is 10.6. The molecule has 0 radical (unpaired) electrons. The Balaban J connectivity index is 1.92. The maximum Gasteiger partial charge on any atom is 0.337 e. The van der Waals surface area contributed by atoms with Gasteiger partial charge in [0.1, 0.15) is 0 Å². The molecule has 0 aliphatic heterocycles. The van der Waals surface area contributed by atoms with Crippen molar-refractivity contribution < 1.29 is 14.3 Å². The fourth-order valence-corrected chi connectivity index (χ4v) is 2.60. The minimum atomic E-state index is -0.510. The van der Waals surface area contributed by atoms with Gasteiger partial charge in [0.15, 0.2) is 0 Å². The zero-order valence-electron chi connectivity index (χ0n) is 14.5. The largest absolute Gasteiger partial charge is 0.465 e. The molecule has 0 atom stereocenters. The summed E-state index contributed by atoms with van der Waals surface area (Å²) in [6.07, 6.45) is 0. The summed E-state index contributed by atoms with van der Waals surface area (Å²) in [5.41, 5.74) is 4.04. The lowest BCUT2D eigenvalue weighted by atomic mass is 10.1. The molecule has 3 rings (SSSR count). The average Bonchev–Trinajstić information content (AvgIpc) is 2.63. The number of halogens is 1. The second-order valence-corrected chi connectivity index (χ2v) is 6.15.